The number of nitrogens with zero attached hydrogens (tertiary/aromatic N) is 2. The topological polar surface area (TPSA) is 93.2 Å². The van der Waals surface area contributed by atoms with E-state index in [0.717, 1.165) is 5.69 Å². The van der Waals surface area contributed by atoms with E-state index in [9.17, 15) is 9.59 Å². The molecule has 126 valence electrons. The molecule has 2 N–H and O–H groups in total. The quantitative estimate of drug-likeness (QED) is 0.807. The summed E-state index contributed by atoms with van der Waals surface area (Å²) in [5.74, 6) is -0.189. The average molecular weight is 328 g/mol. The van der Waals surface area contributed by atoms with Gasteiger partial charge >= 0.3 is 6.09 Å². The second kappa shape index (κ2) is 9.24. The first-order valence-electron chi connectivity index (χ1n) is 7.72. The van der Waals surface area contributed by atoms with Gasteiger partial charge in [0.05, 0.1) is 18.8 Å². The summed E-state index contributed by atoms with van der Waals surface area (Å²) < 4.78 is 4.77. The Morgan fingerprint density at radius 1 is 1.08 bits per heavy atom. The lowest BCUT2D eigenvalue weighted by Gasteiger charge is -2.07. The Hall–Kier alpha value is -2.96. The van der Waals surface area contributed by atoms with Gasteiger partial charge in [0.15, 0.2) is 0 Å². The van der Waals surface area contributed by atoms with Crippen LogP contribution in [0.1, 0.15) is 28.7 Å². The smallest absolute Gasteiger partial charge is 0.407 e. The first kappa shape index (κ1) is 17.4. The summed E-state index contributed by atoms with van der Waals surface area (Å²) in [4.78, 5) is 31.7. The molecule has 0 saturated carbocycles. The highest BCUT2D eigenvalue weighted by Crippen LogP contribution is 2.02. The van der Waals surface area contributed by atoms with Crippen molar-refractivity contribution in [3.05, 3.63) is 59.7 Å². The van der Waals surface area contributed by atoms with Crippen molar-refractivity contribution in [2.24, 2.45) is 0 Å². The van der Waals surface area contributed by atoms with Crippen LogP contribution < -0.4 is 10.6 Å². The van der Waals surface area contributed by atoms with Crippen molar-refractivity contribution in [2.45, 2.75) is 19.9 Å². The number of alkyl carbamates (subject to hydrolysis) is 1. The van der Waals surface area contributed by atoms with E-state index in [1.807, 2.05) is 18.2 Å². The molecular formula is C17H20N4O3. The number of ether oxygens (including phenoxy) is 1. The van der Waals surface area contributed by atoms with Crippen molar-refractivity contribution in [1.29, 1.82) is 0 Å². The predicted octanol–water partition coefficient (Wildman–Crippen LogP) is 1.70. The molecule has 0 spiro atoms. The third-order valence-corrected chi connectivity index (χ3v) is 3.16. The molecule has 2 aromatic heterocycles. The number of aromatic nitrogens is 2. The number of carbonyl (C=O) groups excluding carboxylic acids is 2. The maximum absolute atomic E-state index is 12.2. The van der Waals surface area contributed by atoms with Crippen LogP contribution in [0.4, 0.5) is 4.79 Å². The Kier molecular flexibility index (Phi) is 6.70. The Morgan fingerprint density at radius 2 is 1.92 bits per heavy atom. The lowest BCUT2D eigenvalue weighted by atomic mass is 10.2. The molecule has 0 aromatic carbocycles. The van der Waals surface area contributed by atoms with Crippen LogP contribution >= 0.6 is 0 Å². The SMILES string of the molecule is CCOC(=O)NCc1cc(C(=O)NCCc2ccccn2)ccn1. The van der Waals surface area contributed by atoms with E-state index in [-0.39, 0.29) is 12.5 Å². The molecule has 2 amide bonds. The van der Waals surface area contributed by atoms with E-state index < -0.39 is 6.09 Å². The number of nitrogens with one attached hydrogen (secondary N) is 2. The summed E-state index contributed by atoms with van der Waals surface area (Å²) in [6.07, 6.45) is 3.41. The first-order valence-corrected chi connectivity index (χ1v) is 7.72. The van der Waals surface area contributed by atoms with E-state index in [1.165, 1.54) is 6.20 Å². The second-order valence-electron chi connectivity index (χ2n) is 4.94. The van der Waals surface area contributed by atoms with E-state index >= 15 is 0 Å². The molecule has 2 aromatic rings. The molecule has 2 rings (SSSR count). The zero-order chi connectivity index (χ0) is 17.2. The second-order valence-corrected chi connectivity index (χ2v) is 4.94. The number of hydrogen-bond acceptors (Lipinski definition) is 5. The van der Waals surface area contributed by atoms with E-state index in [1.54, 1.807) is 25.3 Å². The standard InChI is InChI=1S/C17H20N4O3/c1-2-24-17(23)21-12-15-11-13(6-9-19-15)16(22)20-10-7-14-5-3-4-8-18-14/h3-6,8-9,11H,2,7,10,12H2,1H3,(H,20,22)(H,21,23). The minimum atomic E-state index is -0.510. The Balaban J connectivity index is 1.83. The van der Waals surface area contributed by atoms with Crippen LogP contribution in [-0.4, -0.2) is 35.1 Å². The fourth-order valence-corrected chi connectivity index (χ4v) is 2.01. The highest BCUT2D eigenvalue weighted by molar-refractivity contribution is 5.94. The summed E-state index contributed by atoms with van der Waals surface area (Å²) >= 11 is 0. The fraction of sp³-hybridized carbons (Fsp3) is 0.294. The molecule has 7 nitrogen and oxygen atoms in total. The molecule has 0 radical (unpaired) electrons. The fourth-order valence-electron chi connectivity index (χ4n) is 2.01. The summed E-state index contributed by atoms with van der Waals surface area (Å²) in [7, 11) is 0. The van der Waals surface area contributed by atoms with Gasteiger partial charge in [-0.1, -0.05) is 6.07 Å². The van der Waals surface area contributed by atoms with E-state index in [0.29, 0.717) is 30.8 Å². The molecule has 0 aliphatic carbocycles. The highest BCUT2D eigenvalue weighted by Gasteiger charge is 2.08. The molecule has 0 unspecified atom stereocenters. The van der Waals surface area contributed by atoms with Gasteiger partial charge in [0.25, 0.3) is 5.91 Å². The van der Waals surface area contributed by atoms with Gasteiger partial charge in [-0.25, -0.2) is 4.79 Å². The summed E-state index contributed by atoms with van der Waals surface area (Å²) in [5.41, 5.74) is 2.00. The van der Waals surface area contributed by atoms with Gasteiger partial charge in [-0.2, -0.15) is 0 Å². The highest BCUT2D eigenvalue weighted by atomic mass is 16.5. The minimum absolute atomic E-state index is 0.189. The maximum Gasteiger partial charge on any atom is 0.407 e. The van der Waals surface area contributed by atoms with Crippen LogP contribution in [0.15, 0.2) is 42.7 Å². The molecule has 0 aliphatic heterocycles. The van der Waals surface area contributed by atoms with Gasteiger partial charge in [-0.15, -0.1) is 0 Å². The lowest BCUT2D eigenvalue weighted by Crippen LogP contribution is -2.27. The number of amides is 2. The van der Waals surface area contributed by atoms with Crippen molar-refractivity contribution in [2.75, 3.05) is 13.2 Å². The van der Waals surface area contributed by atoms with E-state index in [2.05, 4.69) is 20.6 Å². The molecule has 0 fully saturated rings. The van der Waals surface area contributed by atoms with Crippen LogP contribution in [-0.2, 0) is 17.7 Å². The predicted molar refractivity (Wildman–Crippen MR) is 88.4 cm³/mol. The maximum atomic E-state index is 12.2. The Labute approximate surface area is 140 Å². The lowest BCUT2D eigenvalue weighted by molar-refractivity contribution is 0.0954. The monoisotopic (exact) mass is 328 g/mol. The third-order valence-electron chi connectivity index (χ3n) is 3.16. The zero-order valence-electron chi connectivity index (χ0n) is 13.5. The van der Waals surface area contributed by atoms with Crippen LogP contribution in [0, 0.1) is 0 Å². The molecule has 0 aliphatic rings. The summed E-state index contributed by atoms with van der Waals surface area (Å²) in [6, 6.07) is 8.95. The van der Waals surface area contributed by atoms with Crippen molar-refractivity contribution < 1.29 is 14.3 Å². The zero-order valence-corrected chi connectivity index (χ0v) is 13.5. The first-order chi connectivity index (χ1) is 11.7. The molecule has 0 atom stereocenters. The molecule has 2 heterocycles. The normalized spacial score (nSPS) is 10.0. The largest absolute Gasteiger partial charge is 0.450 e. The number of rotatable bonds is 7. The van der Waals surface area contributed by atoms with Crippen LogP contribution in [0.2, 0.25) is 0 Å². The molecule has 24 heavy (non-hydrogen) atoms. The molecule has 0 bridgehead atoms. The van der Waals surface area contributed by atoms with Gasteiger partial charge in [0, 0.05) is 36.6 Å². The van der Waals surface area contributed by atoms with Gasteiger partial charge < -0.3 is 15.4 Å². The van der Waals surface area contributed by atoms with Gasteiger partial charge in [-0.3, -0.25) is 14.8 Å². The van der Waals surface area contributed by atoms with Gasteiger partial charge in [0.1, 0.15) is 0 Å². The van der Waals surface area contributed by atoms with E-state index in [4.69, 9.17) is 4.74 Å². The van der Waals surface area contributed by atoms with Gasteiger partial charge in [-0.05, 0) is 31.2 Å². The summed E-state index contributed by atoms with van der Waals surface area (Å²) in [5, 5.41) is 5.41. The minimum Gasteiger partial charge on any atom is -0.450 e. The van der Waals surface area contributed by atoms with Gasteiger partial charge in [0.2, 0.25) is 0 Å². The van der Waals surface area contributed by atoms with Crippen LogP contribution in [0.5, 0.6) is 0 Å². The molecule has 0 saturated heterocycles. The van der Waals surface area contributed by atoms with Crippen LogP contribution in [0.25, 0.3) is 0 Å². The molecule has 7 heteroatoms. The van der Waals surface area contributed by atoms with Crippen molar-refractivity contribution in [3.8, 4) is 0 Å². The van der Waals surface area contributed by atoms with Crippen molar-refractivity contribution in [3.63, 3.8) is 0 Å². The third kappa shape index (κ3) is 5.68. The number of pyridine rings is 2. The summed E-state index contributed by atoms with van der Waals surface area (Å²) in [6.45, 7) is 2.73. The molecular weight excluding hydrogens is 308 g/mol. The Bertz CT molecular complexity index is 677. The van der Waals surface area contributed by atoms with Crippen molar-refractivity contribution in [1.82, 2.24) is 20.6 Å². The number of carbonyl (C=O) groups is 2. The average Bonchev–Trinajstić information content (AvgIpc) is 2.61. The van der Waals surface area contributed by atoms with Crippen LogP contribution in [0.3, 0.4) is 0 Å². The Morgan fingerprint density at radius 3 is 2.67 bits per heavy atom. The number of hydrogen-bond donors (Lipinski definition) is 2. The van der Waals surface area contributed by atoms with Crippen molar-refractivity contribution >= 4 is 12.0 Å².